The van der Waals surface area contributed by atoms with Gasteiger partial charge in [0.1, 0.15) is 12.2 Å². The quantitative estimate of drug-likeness (QED) is 0.803. The smallest absolute Gasteiger partial charge is 0.137 e. The van der Waals surface area contributed by atoms with Crippen LogP contribution in [0.1, 0.15) is 44.0 Å². The summed E-state index contributed by atoms with van der Waals surface area (Å²) in [4.78, 5) is 5.22. The fraction of sp³-hybridized carbons (Fsp3) is 0.619. The van der Waals surface area contributed by atoms with Gasteiger partial charge in [-0.25, -0.2) is 0 Å². The van der Waals surface area contributed by atoms with Crippen LogP contribution in [0.25, 0.3) is 0 Å². The van der Waals surface area contributed by atoms with Crippen LogP contribution < -0.4 is 0 Å². The van der Waals surface area contributed by atoms with Crippen LogP contribution in [0.5, 0.6) is 0 Å². The van der Waals surface area contributed by atoms with E-state index in [9.17, 15) is 0 Å². The molecule has 3 heterocycles. The number of benzene rings is 1. The molecule has 6 heteroatoms. The highest BCUT2D eigenvalue weighted by Gasteiger charge is 2.50. The first-order chi connectivity index (χ1) is 13.0. The lowest BCUT2D eigenvalue weighted by Gasteiger charge is -2.42. The Morgan fingerprint density at radius 2 is 1.89 bits per heavy atom. The third kappa shape index (κ3) is 3.78. The molecule has 2 aromatic rings. The van der Waals surface area contributed by atoms with Crippen molar-refractivity contribution in [2.75, 3.05) is 26.2 Å². The van der Waals surface area contributed by atoms with Gasteiger partial charge in [0.05, 0.1) is 0 Å². The predicted molar refractivity (Wildman–Crippen MR) is 109 cm³/mol. The molecular formula is C21H30ClN5. The van der Waals surface area contributed by atoms with Crippen LogP contribution in [0.3, 0.4) is 0 Å². The van der Waals surface area contributed by atoms with Gasteiger partial charge in [-0.2, -0.15) is 0 Å². The number of hydrogen-bond donors (Lipinski definition) is 0. The Morgan fingerprint density at radius 3 is 2.48 bits per heavy atom. The van der Waals surface area contributed by atoms with E-state index in [1.165, 1.54) is 24.9 Å². The number of aryl methyl sites for hydroxylation is 1. The average Bonchev–Trinajstić information content (AvgIpc) is 3.23. The fourth-order valence-corrected chi connectivity index (χ4v) is 5.00. The first-order valence-corrected chi connectivity index (χ1v) is 10.4. The molecule has 27 heavy (non-hydrogen) atoms. The monoisotopic (exact) mass is 387 g/mol. The molecule has 4 rings (SSSR count). The second-order valence-corrected chi connectivity index (χ2v) is 9.08. The van der Waals surface area contributed by atoms with Crippen molar-refractivity contribution in [2.24, 2.45) is 12.5 Å². The summed E-state index contributed by atoms with van der Waals surface area (Å²) in [6, 6.07) is 8.84. The molecule has 2 saturated heterocycles. The van der Waals surface area contributed by atoms with Crippen LogP contribution in [0.15, 0.2) is 30.6 Å². The number of halogens is 1. The number of rotatable bonds is 4. The van der Waals surface area contributed by atoms with E-state index in [4.69, 9.17) is 11.6 Å². The molecule has 0 amide bonds. The normalized spacial score (nSPS) is 23.5. The Morgan fingerprint density at radius 1 is 1.19 bits per heavy atom. The topological polar surface area (TPSA) is 37.2 Å². The molecule has 146 valence electrons. The fourth-order valence-electron chi connectivity index (χ4n) is 4.87. The molecule has 2 aliphatic heterocycles. The molecule has 2 fully saturated rings. The number of likely N-dealkylation sites (tertiary alicyclic amines) is 2. The van der Waals surface area contributed by atoms with Gasteiger partial charge in [-0.1, -0.05) is 23.7 Å². The molecule has 1 atom stereocenters. The largest absolute Gasteiger partial charge is 0.320 e. The third-order valence-corrected chi connectivity index (χ3v) is 6.89. The van der Waals surface area contributed by atoms with Crippen molar-refractivity contribution in [3.63, 3.8) is 0 Å². The van der Waals surface area contributed by atoms with Gasteiger partial charge in [0.25, 0.3) is 0 Å². The lowest BCUT2D eigenvalue weighted by atomic mass is 9.70. The van der Waals surface area contributed by atoms with Crippen LogP contribution in [0.4, 0.5) is 0 Å². The molecule has 5 nitrogen and oxygen atoms in total. The van der Waals surface area contributed by atoms with E-state index in [2.05, 4.69) is 57.6 Å². The first kappa shape index (κ1) is 18.9. The van der Waals surface area contributed by atoms with E-state index in [0.29, 0.717) is 17.4 Å². The van der Waals surface area contributed by atoms with Crippen molar-refractivity contribution in [1.82, 2.24) is 24.6 Å². The van der Waals surface area contributed by atoms with Crippen molar-refractivity contribution in [1.29, 1.82) is 0 Å². The molecule has 1 unspecified atom stereocenters. The Balaban J connectivity index is 1.48. The van der Waals surface area contributed by atoms with Crippen LogP contribution in [0.2, 0.25) is 5.02 Å². The van der Waals surface area contributed by atoms with Crippen LogP contribution >= 0.6 is 11.6 Å². The maximum absolute atomic E-state index is 6.02. The highest BCUT2D eigenvalue weighted by atomic mass is 35.5. The lowest BCUT2D eigenvalue weighted by Crippen LogP contribution is -2.44. The van der Waals surface area contributed by atoms with Gasteiger partial charge in [0.15, 0.2) is 0 Å². The number of nitrogens with zero attached hydrogens (tertiary/aromatic N) is 5. The lowest BCUT2D eigenvalue weighted by molar-refractivity contribution is 0.0866. The summed E-state index contributed by atoms with van der Waals surface area (Å²) in [5, 5.41) is 9.47. The summed E-state index contributed by atoms with van der Waals surface area (Å²) in [7, 11) is 2.08. The molecule has 1 spiro atoms. The van der Waals surface area contributed by atoms with E-state index in [1.807, 2.05) is 18.5 Å². The van der Waals surface area contributed by atoms with Crippen molar-refractivity contribution < 1.29 is 0 Å². The second kappa shape index (κ2) is 7.53. The van der Waals surface area contributed by atoms with Gasteiger partial charge in [-0.3, -0.25) is 9.80 Å². The van der Waals surface area contributed by atoms with Crippen LogP contribution in [0, 0.1) is 5.41 Å². The van der Waals surface area contributed by atoms with E-state index in [1.54, 1.807) is 0 Å². The zero-order valence-corrected chi connectivity index (χ0v) is 17.4. The molecule has 0 saturated carbocycles. The van der Waals surface area contributed by atoms with Crippen LogP contribution in [-0.2, 0) is 13.6 Å². The van der Waals surface area contributed by atoms with Gasteiger partial charge >= 0.3 is 0 Å². The van der Waals surface area contributed by atoms with E-state index < -0.39 is 0 Å². The maximum atomic E-state index is 6.02. The minimum absolute atomic E-state index is 0.321. The standard InChI is InChI=1S/C21H30ClN5/c1-16(2)27-13-19(20-24-23-15-25(20)3)21(14-27)8-10-26(11-9-21)12-17-4-6-18(22)7-5-17/h4-7,15-16,19H,8-14H2,1-3H3. The summed E-state index contributed by atoms with van der Waals surface area (Å²) >= 11 is 6.02. The predicted octanol–water partition coefficient (Wildman–Crippen LogP) is 3.56. The highest BCUT2D eigenvalue weighted by molar-refractivity contribution is 6.30. The highest BCUT2D eigenvalue weighted by Crippen LogP contribution is 2.49. The average molecular weight is 388 g/mol. The molecule has 0 bridgehead atoms. The molecule has 0 aliphatic carbocycles. The Bertz CT molecular complexity index is 761. The zero-order chi connectivity index (χ0) is 19.0. The molecule has 0 radical (unpaired) electrons. The van der Waals surface area contributed by atoms with Crippen molar-refractivity contribution in [3.05, 3.63) is 47.0 Å². The molecule has 0 N–H and O–H groups in total. The summed E-state index contributed by atoms with van der Waals surface area (Å²) in [6.45, 7) is 10.2. The molecule has 1 aromatic heterocycles. The van der Waals surface area contributed by atoms with E-state index in [-0.39, 0.29) is 0 Å². The number of piperidine rings is 1. The number of hydrogen-bond acceptors (Lipinski definition) is 4. The van der Waals surface area contributed by atoms with Crippen molar-refractivity contribution >= 4 is 11.6 Å². The van der Waals surface area contributed by atoms with E-state index in [0.717, 1.165) is 37.0 Å². The van der Waals surface area contributed by atoms with Crippen molar-refractivity contribution in [2.45, 2.75) is 45.2 Å². The van der Waals surface area contributed by atoms with Gasteiger partial charge in [-0.15, -0.1) is 10.2 Å². The van der Waals surface area contributed by atoms with Gasteiger partial charge in [-0.05, 0) is 62.9 Å². The van der Waals surface area contributed by atoms with Gasteiger partial charge in [0, 0.05) is 43.7 Å². The summed E-state index contributed by atoms with van der Waals surface area (Å²) in [5.41, 5.74) is 1.66. The minimum Gasteiger partial charge on any atom is -0.320 e. The Kier molecular flexibility index (Phi) is 5.28. The molecule has 2 aliphatic rings. The summed E-state index contributed by atoms with van der Waals surface area (Å²) in [5.74, 6) is 1.63. The third-order valence-electron chi connectivity index (χ3n) is 6.63. The van der Waals surface area contributed by atoms with Crippen molar-refractivity contribution in [3.8, 4) is 0 Å². The number of aromatic nitrogens is 3. The second-order valence-electron chi connectivity index (χ2n) is 8.64. The Labute approximate surface area is 167 Å². The SMILES string of the molecule is CC(C)N1CC(c2nncn2C)C2(CCN(Cc3ccc(Cl)cc3)CC2)C1. The van der Waals surface area contributed by atoms with Crippen LogP contribution in [-0.4, -0.2) is 56.8 Å². The van der Waals surface area contributed by atoms with Gasteiger partial charge < -0.3 is 4.57 Å². The maximum Gasteiger partial charge on any atom is 0.137 e. The summed E-state index contributed by atoms with van der Waals surface area (Å²) in [6.07, 6.45) is 4.29. The molecular weight excluding hydrogens is 358 g/mol. The Hall–Kier alpha value is -1.43. The zero-order valence-electron chi connectivity index (χ0n) is 16.6. The summed E-state index contributed by atoms with van der Waals surface area (Å²) < 4.78 is 2.12. The van der Waals surface area contributed by atoms with E-state index >= 15 is 0 Å². The first-order valence-electron chi connectivity index (χ1n) is 10.0. The van der Waals surface area contributed by atoms with Gasteiger partial charge in [0.2, 0.25) is 0 Å². The molecule has 1 aromatic carbocycles. The minimum atomic E-state index is 0.321.